The van der Waals surface area contributed by atoms with E-state index < -0.39 is 17.6 Å². The van der Waals surface area contributed by atoms with E-state index in [0.717, 1.165) is 28.5 Å². The van der Waals surface area contributed by atoms with Gasteiger partial charge >= 0.3 is 12.1 Å². The Morgan fingerprint density at radius 3 is 2.03 bits per heavy atom. The lowest BCUT2D eigenvalue weighted by Gasteiger charge is -2.53. The van der Waals surface area contributed by atoms with Gasteiger partial charge in [0, 0.05) is 6.42 Å². The van der Waals surface area contributed by atoms with Crippen LogP contribution < -0.4 is 5.32 Å². The van der Waals surface area contributed by atoms with Crippen LogP contribution in [0.25, 0.3) is 11.1 Å². The zero-order chi connectivity index (χ0) is 23.0. The molecule has 5 heteroatoms. The van der Waals surface area contributed by atoms with Crippen LogP contribution in [0.4, 0.5) is 4.79 Å². The summed E-state index contributed by atoms with van der Waals surface area (Å²) in [5.74, 6) is 2.10. The number of carbonyl (C=O) groups excluding carboxylic acids is 2. The van der Waals surface area contributed by atoms with E-state index in [1.54, 1.807) is 6.92 Å². The number of amides is 1. The molecule has 6 rings (SSSR count). The Morgan fingerprint density at radius 1 is 0.879 bits per heavy atom. The fourth-order valence-electron chi connectivity index (χ4n) is 6.69. The maximum absolute atomic E-state index is 13.0. The number of hydrogen-bond donors (Lipinski definition) is 1. The average Bonchev–Trinajstić information content (AvgIpc) is 2.81. The summed E-state index contributed by atoms with van der Waals surface area (Å²) in [6, 6.07) is 18.2. The molecular formula is C28H33NO4. The van der Waals surface area contributed by atoms with E-state index in [1.807, 2.05) is 42.5 Å². The number of carbonyl (C=O) groups is 2. The van der Waals surface area contributed by atoms with Crippen molar-refractivity contribution >= 4 is 12.1 Å². The molecule has 1 N–H and O–H groups in total. The Bertz CT molecular complexity index is 974. The summed E-state index contributed by atoms with van der Waals surface area (Å²) in [4.78, 5) is 25.7. The van der Waals surface area contributed by atoms with Gasteiger partial charge in [-0.15, -0.1) is 0 Å². The minimum Gasteiger partial charge on any atom is -0.467 e. The van der Waals surface area contributed by atoms with E-state index in [0.29, 0.717) is 18.3 Å². The van der Waals surface area contributed by atoms with Crippen LogP contribution in [-0.4, -0.2) is 30.8 Å². The molecule has 4 aliphatic carbocycles. The van der Waals surface area contributed by atoms with Crippen molar-refractivity contribution in [3.8, 4) is 11.1 Å². The van der Waals surface area contributed by atoms with Crippen molar-refractivity contribution in [2.75, 3.05) is 7.11 Å². The van der Waals surface area contributed by atoms with Gasteiger partial charge in [-0.3, -0.25) is 0 Å². The number of alkyl carbamates (subject to hydrolysis) is 1. The highest BCUT2D eigenvalue weighted by atomic mass is 16.6. The van der Waals surface area contributed by atoms with E-state index in [2.05, 4.69) is 17.4 Å². The topological polar surface area (TPSA) is 64.6 Å². The molecular weight excluding hydrogens is 414 g/mol. The largest absolute Gasteiger partial charge is 0.467 e. The van der Waals surface area contributed by atoms with Gasteiger partial charge in [-0.05, 0) is 79.4 Å². The Kier molecular flexibility index (Phi) is 5.90. The van der Waals surface area contributed by atoms with E-state index in [-0.39, 0.29) is 6.10 Å². The molecule has 2 aromatic rings. The lowest BCUT2D eigenvalue weighted by atomic mass is 9.55. The molecule has 5 nitrogen and oxygen atoms in total. The first-order valence-electron chi connectivity index (χ1n) is 12.1. The Balaban J connectivity index is 1.26. The van der Waals surface area contributed by atoms with Crippen LogP contribution in [0.5, 0.6) is 0 Å². The maximum Gasteiger partial charge on any atom is 0.408 e. The van der Waals surface area contributed by atoms with Crippen LogP contribution in [0.15, 0.2) is 54.6 Å². The van der Waals surface area contributed by atoms with Crippen LogP contribution >= 0.6 is 0 Å². The van der Waals surface area contributed by atoms with Crippen molar-refractivity contribution in [2.24, 2.45) is 23.7 Å². The predicted molar refractivity (Wildman–Crippen MR) is 126 cm³/mol. The number of ether oxygens (including phenoxy) is 2. The van der Waals surface area contributed by atoms with Gasteiger partial charge in [0.15, 0.2) is 0 Å². The predicted octanol–water partition coefficient (Wildman–Crippen LogP) is 5.38. The summed E-state index contributed by atoms with van der Waals surface area (Å²) < 4.78 is 11.0. The van der Waals surface area contributed by atoms with Crippen molar-refractivity contribution < 1.29 is 19.1 Å². The van der Waals surface area contributed by atoms with Gasteiger partial charge in [0.1, 0.15) is 11.6 Å². The molecule has 0 radical (unpaired) electrons. The summed E-state index contributed by atoms with van der Waals surface area (Å²) in [5.41, 5.74) is 1.98. The second-order valence-electron chi connectivity index (χ2n) is 10.5. The summed E-state index contributed by atoms with van der Waals surface area (Å²) in [6.07, 6.45) is 5.84. The average molecular weight is 448 g/mol. The molecule has 4 fully saturated rings. The molecule has 0 heterocycles. The molecule has 0 aromatic heterocycles. The Hall–Kier alpha value is -2.82. The smallest absolute Gasteiger partial charge is 0.408 e. The fraction of sp³-hybridized carbons (Fsp3) is 0.500. The highest BCUT2D eigenvalue weighted by Crippen LogP contribution is 2.54. The lowest BCUT2D eigenvalue weighted by molar-refractivity contribution is -0.148. The molecule has 33 heavy (non-hydrogen) atoms. The lowest BCUT2D eigenvalue weighted by Crippen LogP contribution is -2.57. The number of methoxy groups -OCH3 is 1. The van der Waals surface area contributed by atoms with Crippen molar-refractivity contribution in [1.29, 1.82) is 0 Å². The standard InChI is InChI=1S/C28H33NO4/c1-28(26(30)32-2,17-18-8-10-22(11-9-18)21-6-4-3-5-7-21)29-27(31)33-25-23-13-19-12-20(15-23)16-24(25)14-19/h3-11,19-20,23-25H,12-17H2,1-2H3,(H,29,31). The molecule has 0 aliphatic heterocycles. The third kappa shape index (κ3) is 4.50. The van der Waals surface area contributed by atoms with Crippen molar-refractivity contribution in [3.05, 3.63) is 60.2 Å². The van der Waals surface area contributed by atoms with Crippen molar-refractivity contribution in [1.82, 2.24) is 5.32 Å². The van der Waals surface area contributed by atoms with E-state index in [4.69, 9.17) is 9.47 Å². The number of nitrogens with one attached hydrogen (secondary N) is 1. The fourth-order valence-corrected chi connectivity index (χ4v) is 6.69. The highest BCUT2D eigenvalue weighted by molar-refractivity contribution is 5.85. The minimum atomic E-state index is -1.20. The Labute approximate surface area is 195 Å². The van der Waals surface area contributed by atoms with E-state index in [1.165, 1.54) is 39.2 Å². The third-order valence-electron chi connectivity index (χ3n) is 8.02. The van der Waals surface area contributed by atoms with Crippen molar-refractivity contribution in [2.45, 2.75) is 57.1 Å². The Morgan fingerprint density at radius 2 is 1.45 bits per heavy atom. The van der Waals surface area contributed by atoms with Crippen LogP contribution in [-0.2, 0) is 20.7 Å². The van der Waals surface area contributed by atoms with Gasteiger partial charge in [-0.2, -0.15) is 0 Å². The summed E-state index contributed by atoms with van der Waals surface area (Å²) in [6.45, 7) is 1.71. The molecule has 4 saturated carbocycles. The van der Waals surface area contributed by atoms with Gasteiger partial charge in [-0.25, -0.2) is 9.59 Å². The SMILES string of the molecule is COC(=O)C(C)(Cc1ccc(-c2ccccc2)cc1)NC(=O)OC1C2CC3CC(C2)CC1C3. The van der Waals surface area contributed by atoms with Crippen LogP contribution in [0, 0.1) is 23.7 Å². The summed E-state index contributed by atoms with van der Waals surface area (Å²) in [5, 5.41) is 2.86. The molecule has 174 valence electrons. The molecule has 0 spiro atoms. The van der Waals surface area contributed by atoms with Gasteiger partial charge in [0.25, 0.3) is 0 Å². The van der Waals surface area contributed by atoms with E-state index >= 15 is 0 Å². The summed E-state index contributed by atoms with van der Waals surface area (Å²) in [7, 11) is 1.35. The molecule has 1 atom stereocenters. The van der Waals surface area contributed by atoms with Crippen molar-refractivity contribution in [3.63, 3.8) is 0 Å². The first-order valence-corrected chi connectivity index (χ1v) is 12.1. The number of benzene rings is 2. The zero-order valence-corrected chi connectivity index (χ0v) is 19.5. The highest BCUT2D eigenvalue weighted by Gasteiger charge is 2.50. The van der Waals surface area contributed by atoms with Crippen LogP contribution in [0.3, 0.4) is 0 Å². The molecule has 1 unspecified atom stereocenters. The number of rotatable bonds is 6. The first-order chi connectivity index (χ1) is 15.9. The maximum atomic E-state index is 13.0. The summed E-state index contributed by atoms with van der Waals surface area (Å²) >= 11 is 0. The van der Waals surface area contributed by atoms with Crippen LogP contribution in [0.1, 0.15) is 44.6 Å². The monoisotopic (exact) mass is 447 g/mol. The molecule has 1 amide bonds. The normalized spacial score (nSPS) is 29.2. The third-order valence-corrected chi connectivity index (χ3v) is 8.02. The number of hydrogen-bond acceptors (Lipinski definition) is 4. The number of esters is 1. The van der Waals surface area contributed by atoms with Crippen LogP contribution in [0.2, 0.25) is 0 Å². The molecule has 4 bridgehead atoms. The van der Waals surface area contributed by atoms with Gasteiger partial charge in [0.05, 0.1) is 7.11 Å². The molecule has 2 aromatic carbocycles. The first kappa shape index (κ1) is 22.0. The van der Waals surface area contributed by atoms with Gasteiger partial charge < -0.3 is 14.8 Å². The second kappa shape index (κ2) is 8.85. The second-order valence-corrected chi connectivity index (χ2v) is 10.5. The molecule has 0 saturated heterocycles. The minimum absolute atomic E-state index is 0.0233. The zero-order valence-electron chi connectivity index (χ0n) is 19.5. The van der Waals surface area contributed by atoms with E-state index in [9.17, 15) is 9.59 Å². The molecule has 4 aliphatic rings. The van der Waals surface area contributed by atoms with Gasteiger partial charge in [-0.1, -0.05) is 54.6 Å². The van der Waals surface area contributed by atoms with Gasteiger partial charge in [0.2, 0.25) is 0 Å². The quantitative estimate of drug-likeness (QED) is 0.604.